The van der Waals surface area contributed by atoms with E-state index in [0.29, 0.717) is 24.3 Å². The highest BCUT2D eigenvalue weighted by Gasteiger charge is 2.14. The first-order valence-electron chi connectivity index (χ1n) is 8.27. The molecule has 1 N–H and O–H groups in total. The monoisotopic (exact) mass is 342 g/mol. The molecule has 2 rings (SSSR count). The number of hydrogen-bond donors (Lipinski definition) is 1. The number of benzene rings is 2. The number of nitro benzene ring substituents is 1. The Morgan fingerprint density at radius 1 is 1.24 bits per heavy atom. The van der Waals surface area contributed by atoms with Crippen LogP contribution in [0, 0.1) is 17.0 Å². The molecule has 1 amide bonds. The highest BCUT2D eigenvalue weighted by atomic mass is 16.6. The zero-order chi connectivity index (χ0) is 18.2. The first kappa shape index (κ1) is 18.4. The topological polar surface area (TPSA) is 81.5 Å². The SMILES string of the molecule is CCOc1ccccc1CCCNC(=O)c1ccc(C)c([N+](=O)[O-])c1. The second-order valence-electron chi connectivity index (χ2n) is 5.66. The van der Waals surface area contributed by atoms with Crippen molar-refractivity contribution in [2.75, 3.05) is 13.2 Å². The van der Waals surface area contributed by atoms with Gasteiger partial charge in [-0.15, -0.1) is 0 Å². The molecule has 0 bridgehead atoms. The number of carbonyl (C=O) groups excluding carboxylic acids is 1. The molecule has 0 aliphatic heterocycles. The normalized spacial score (nSPS) is 10.3. The van der Waals surface area contributed by atoms with Crippen molar-refractivity contribution < 1.29 is 14.5 Å². The van der Waals surface area contributed by atoms with Crippen LogP contribution in [0.5, 0.6) is 5.75 Å². The third-order valence-corrected chi connectivity index (χ3v) is 3.85. The van der Waals surface area contributed by atoms with Gasteiger partial charge in [-0.05, 0) is 44.4 Å². The minimum atomic E-state index is -0.475. The molecule has 0 aliphatic rings. The average molecular weight is 342 g/mol. The third kappa shape index (κ3) is 5.04. The molecule has 0 fully saturated rings. The number of nitro groups is 1. The lowest BCUT2D eigenvalue weighted by Gasteiger charge is -2.10. The molecule has 132 valence electrons. The zero-order valence-electron chi connectivity index (χ0n) is 14.5. The van der Waals surface area contributed by atoms with E-state index in [1.165, 1.54) is 6.07 Å². The maximum atomic E-state index is 12.2. The van der Waals surface area contributed by atoms with Gasteiger partial charge in [0.1, 0.15) is 5.75 Å². The molecule has 6 heteroatoms. The maximum Gasteiger partial charge on any atom is 0.273 e. The van der Waals surface area contributed by atoms with E-state index < -0.39 is 4.92 Å². The van der Waals surface area contributed by atoms with Crippen LogP contribution < -0.4 is 10.1 Å². The van der Waals surface area contributed by atoms with Crippen LogP contribution in [-0.4, -0.2) is 24.0 Å². The van der Waals surface area contributed by atoms with E-state index in [1.807, 2.05) is 31.2 Å². The smallest absolute Gasteiger partial charge is 0.273 e. The minimum Gasteiger partial charge on any atom is -0.494 e. The van der Waals surface area contributed by atoms with E-state index >= 15 is 0 Å². The van der Waals surface area contributed by atoms with Gasteiger partial charge >= 0.3 is 0 Å². The molecule has 2 aromatic carbocycles. The van der Waals surface area contributed by atoms with Crippen LogP contribution in [-0.2, 0) is 6.42 Å². The van der Waals surface area contributed by atoms with Gasteiger partial charge < -0.3 is 10.1 Å². The molecular formula is C19H22N2O4. The highest BCUT2D eigenvalue weighted by molar-refractivity contribution is 5.94. The summed E-state index contributed by atoms with van der Waals surface area (Å²) in [4.78, 5) is 22.6. The lowest BCUT2D eigenvalue weighted by molar-refractivity contribution is -0.385. The van der Waals surface area contributed by atoms with Gasteiger partial charge in [-0.2, -0.15) is 0 Å². The third-order valence-electron chi connectivity index (χ3n) is 3.85. The van der Waals surface area contributed by atoms with E-state index in [-0.39, 0.29) is 11.6 Å². The number of para-hydroxylation sites is 1. The number of rotatable bonds is 8. The molecule has 25 heavy (non-hydrogen) atoms. The molecule has 0 saturated carbocycles. The van der Waals surface area contributed by atoms with Crippen LogP contribution in [0.15, 0.2) is 42.5 Å². The fraction of sp³-hybridized carbons (Fsp3) is 0.316. The van der Waals surface area contributed by atoms with Crippen LogP contribution in [0.1, 0.15) is 34.8 Å². The second-order valence-corrected chi connectivity index (χ2v) is 5.66. The molecule has 0 heterocycles. The molecular weight excluding hydrogens is 320 g/mol. The van der Waals surface area contributed by atoms with Crippen LogP contribution >= 0.6 is 0 Å². The van der Waals surface area contributed by atoms with Crippen molar-refractivity contribution >= 4 is 11.6 Å². The fourth-order valence-corrected chi connectivity index (χ4v) is 2.54. The van der Waals surface area contributed by atoms with E-state index in [1.54, 1.807) is 19.1 Å². The maximum absolute atomic E-state index is 12.2. The summed E-state index contributed by atoms with van der Waals surface area (Å²) in [6.45, 7) is 4.69. The minimum absolute atomic E-state index is 0.0432. The molecule has 0 radical (unpaired) electrons. The van der Waals surface area contributed by atoms with Gasteiger partial charge in [-0.1, -0.05) is 24.3 Å². The first-order chi connectivity index (χ1) is 12.0. The fourth-order valence-electron chi connectivity index (χ4n) is 2.54. The number of hydrogen-bond acceptors (Lipinski definition) is 4. The lowest BCUT2D eigenvalue weighted by atomic mass is 10.1. The Kier molecular flexibility index (Phi) is 6.51. The summed E-state index contributed by atoms with van der Waals surface area (Å²) in [5.74, 6) is 0.562. The summed E-state index contributed by atoms with van der Waals surface area (Å²) >= 11 is 0. The van der Waals surface area contributed by atoms with E-state index in [9.17, 15) is 14.9 Å². The molecule has 2 aromatic rings. The van der Waals surface area contributed by atoms with Gasteiger partial charge in [0.25, 0.3) is 11.6 Å². The molecule has 0 spiro atoms. The predicted octanol–water partition coefficient (Wildman–Crippen LogP) is 3.66. The number of nitrogens with zero attached hydrogens (tertiary/aromatic N) is 1. The summed E-state index contributed by atoms with van der Waals surface area (Å²) < 4.78 is 5.58. The molecule has 0 atom stereocenters. The van der Waals surface area contributed by atoms with Crippen molar-refractivity contribution in [2.24, 2.45) is 0 Å². The van der Waals surface area contributed by atoms with Crippen molar-refractivity contribution in [3.05, 3.63) is 69.3 Å². The first-order valence-corrected chi connectivity index (χ1v) is 8.27. The molecule has 0 aromatic heterocycles. The Balaban J connectivity index is 1.89. The van der Waals surface area contributed by atoms with Crippen LogP contribution in [0.4, 0.5) is 5.69 Å². The van der Waals surface area contributed by atoms with Crippen molar-refractivity contribution in [3.63, 3.8) is 0 Å². The molecule has 0 aliphatic carbocycles. The Bertz CT molecular complexity index is 759. The average Bonchev–Trinajstić information content (AvgIpc) is 2.60. The van der Waals surface area contributed by atoms with Crippen LogP contribution in [0.2, 0.25) is 0 Å². The van der Waals surface area contributed by atoms with Gasteiger partial charge in [0.05, 0.1) is 11.5 Å². The Labute approximate surface area is 147 Å². The van der Waals surface area contributed by atoms with E-state index in [2.05, 4.69) is 5.32 Å². The molecule has 0 saturated heterocycles. The van der Waals surface area contributed by atoms with Gasteiger partial charge in [-0.3, -0.25) is 14.9 Å². The largest absolute Gasteiger partial charge is 0.494 e. The standard InChI is InChI=1S/C19H22N2O4/c1-3-25-18-9-5-4-7-15(18)8-6-12-20-19(22)16-11-10-14(2)17(13-16)21(23)24/h4-5,7,9-11,13H,3,6,8,12H2,1-2H3,(H,20,22). The summed E-state index contributed by atoms with van der Waals surface area (Å²) in [6.07, 6.45) is 1.54. The Hall–Kier alpha value is -2.89. The number of nitrogens with one attached hydrogen (secondary N) is 1. The number of carbonyl (C=O) groups is 1. The number of amides is 1. The Morgan fingerprint density at radius 3 is 2.72 bits per heavy atom. The summed E-state index contributed by atoms with van der Waals surface area (Å²) in [5.41, 5.74) is 1.89. The predicted molar refractivity (Wildman–Crippen MR) is 96.1 cm³/mol. The summed E-state index contributed by atoms with van der Waals surface area (Å²) in [6, 6.07) is 12.3. The number of ether oxygens (including phenoxy) is 1. The van der Waals surface area contributed by atoms with Gasteiger partial charge in [0.15, 0.2) is 0 Å². The van der Waals surface area contributed by atoms with Crippen LogP contribution in [0.3, 0.4) is 0 Å². The number of aryl methyl sites for hydroxylation is 2. The molecule has 0 unspecified atom stereocenters. The van der Waals surface area contributed by atoms with Crippen molar-refractivity contribution in [3.8, 4) is 5.75 Å². The van der Waals surface area contributed by atoms with E-state index in [0.717, 1.165) is 24.2 Å². The van der Waals surface area contributed by atoms with Crippen molar-refractivity contribution in [1.82, 2.24) is 5.32 Å². The van der Waals surface area contributed by atoms with Gasteiger partial charge in [-0.25, -0.2) is 0 Å². The van der Waals surface area contributed by atoms with Crippen LogP contribution in [0.25, 0.3) is 0 Å². The van der Waals surface area contributed by atoms with E-state index in [4.69, 9.17) is 4.74 Å². The highest BCUT2D eigenvalue weighted by Crippen LogP contribution is 2.20. The molecule has 6 nitrogen and oxygen atoms in total. The van der Waals surface area contributed by atoms with Gasteiger partial charge in [0, 0.05) is 23.7 Å². The Morgan fingerprint density at radius 2 is 2.00 bits per heavy atom. The second kappa shape index (κ2) is 8.82. The summed E-state index contributed by atoms with van der Waals surface area (Å²) in [5, 5.41) is 13.8. The van der Waals surface area contributed by atoms with Crippen molar-refractivity contribution in [2.45, 2.75) is 26.7 Å². The van der Waals surface area contributed by atoms with Crippen molar-refractivity contribution in [1.29, 1.82) is 0 Å². The lowest BCUT2D eigenvalue weighted by Crippen LogP contribution is -2.24. The summed E-state index contributed by atoms with van der Waals surface area (Å²) in [7, 11) is 0. The quantitative estimate of drug-likeness (QED) is 0.451. The van der Waals surface area contributed by atoms with Gasteiger partial charge in [0.2, 0.25) is 0 Å². The zero-order valence-corrected chi connectivity index (χ0v) is 14.5.